The molecule has 1 N–H and O–H groups in total. The lowest BCUT2D eigenvalue weighted by atomic mass is 10.1. The van der Waals surface area contributed by atoms with Gasteiger partial charge in [0, 0.05) is 23.5 Å². The molecule has 0 saturated carbocycles. The second-order valence-electron chi connectivity index (χ2n) is 10.0. The van der Waals surface area contributed by atoms with E-state index in [9.17, 15) is 22.4 Å². The fraction of sp³-hybridized carbons (Fsp3) is 0.355. The zero-order chi connectivity index (χ0) is 30.9. The number of nitrogens with one attached hydrogen (secondary N) is 1. The molecular weight excluding hydrogens is 577 g/mol. The highest BCUT2D eigenvalue weighted by Gasteiger charge is 2.33. The molecule has 3 aromatic rings. The van der Waals surface area contributed by atoms with E-state index in [1.54, 1.807) is 49.4 Å². The third kappa shape index (κ3) is 8.48. The Morgan fingerprint density at radius 1 is 0.976 bits per heavy atom. The van der Waals surface area contributed by atoms with Crippen LogP contribution in [0.2, 0.25) is 0 Å². The monoisotopic (exact) mass is 615 g/mol. The minimum absolute atomic E-state index is 0.00497. The second-order valence-corrected chi connectivity index (χ2v) is 12.8. The second kappa shape index (κ2) is 15.1. The fourth-order valence-electron chi connectivity index (χ4n) is 4.12. The Balaban J connectivity index is 2.03. The Labute approximate surface area is 252 Å². The molecule has 0 radical (unpaired) electrons. The third-order valence-electron chi connectivity index (χ3n) is 6.51. The van der Waals surface area contributed by atoms with Crippen LogP contribution in [0.1, 0.15) is 33.3 Å². The Morgan fingerprint density at radius 2 is 1.62 bits per heavy atom. The summed E-state index contributed by atoms with van der Waals surface area (Å²) in [6.45, 7) is 7.26. The summed E-state index contributed by atoms with van der Waals surface area (Å²) in [4.78, 5) is 29.1. The molecule has 42 heavy (non-hydrogen) atoms. The highest BCUT2D eigenvalue weighted by atomic mass is 32.2. The first-order valence-corrected chi connectivity index (χ1v) is 16.3. The molecular formula is C31H38FN3O5S2. The summed E-state index contributed by atoms with van der Waals surface area (Å²) in [5.74, 6) is -0.893. The normalized spacial score (nSPS) is 12.1. The first-order chi connectivity index (χ1) is 20.0. The first-order valence-electron chi connectivity index (χ1n) is 13.7. The highest BCUT2D eigenvalue weighted by Crippen LogP contribution is 2.28. The predicted molar refractivity (Wildman–Crippen MR) is 165 cm³/mol. The van der Waals surface area contributed by atoms with Crippen molar-refractivity contribution in [3.05, 3.63) is 84.2 Å². The van der Waals surface area contributed by atoms with Crippen LogP contribution in [0.5, 0.6) is 5.75 Å². The average molecular weight is 616 g/mol. The number of hydrogen-bond donors (Lipinski definition) is 1. The Morgan fingerprint density at radius 3 is 2.19 bits per heavy atom. The van der Waals surface area contributed by atoms with Crippen LogP contribution in [0.4, 0.5) is 10.1 Å². The molecule has 0 fully saturated rings. The van der Waals surface area contributed by atoms with Gasteiger partial charge in [0.2, 0.25) is 11.8 Å². The molecule has 2 amide bonds. The maximum absolute atomic E-state index is 14.7. The van der Waals surface area contributed by atoms with Crippen molar-refractivity contribution >= 4 is 39.3 Å². The van der Waals surface area contributed by atoms with Gasteiger partial charge in [-0.3, -0.25) is 13.9 Å². The number of hydrogen-bond acceptors (Lipinski definition) is 6. The molecule has 0 aliphatic heterocycles. The molecule has 1 atom stereocenters. The lowest BCUT2D eigenvalue weighted by molar-refractivity contribution is -0.139. The van der Waals surface area contributed by atoms with Crippen LogP contribution in [-0.4, -0.2) is 57.1 Å². The summed E-state index contributed by atoms with van der Waals surface area (Å²) < 4.78 is 49.1. The molecule has 0 unspecified atom stereocenters. The molecule has 3 rings (SSSR count). The van der Waals surface area contributed by atoms with Crippen molar-refractivity contribution in [3.63, 3.8) is 0 Å². The number of anilines is 1. The number of carbonyl (C=O) groups excluding carboxylic acids is 2. The van der Waals surface area contributed by atoms with Gasteiger partial charge in [-0.05, 0) is 80.6 Å². The van der Waals surface area contributed by atoms with Gasteiger partial charge in [0.25, 0.3) is 10.0 Å². The van der Waals surface area contributed by atoms with E-state index < -0.39 is 40.2 Å². The van der Waals surface area contributed by atoms with E-state index in [0.29, 0.717) is 18.9 Å². The van der Waals surface area contributed by atoms with Crippen LogP contribution >= 0.6 is 11.8 Å². The number of thioether (sulfide) groups is 1. The molecule has 0 spiro atoms. The van der Waals surface area contributed by atoms with Gasteiger partial charge in [-0.2, -0.15) is 0 Å². The zero-order valence-electron chi connectivity index (χ0n) is 24.5. The van der Waals surface area contributed by atoms with Gasteiger partial charge in [-0.15, -0.1) is 11.8 Å². The van der Waals surface area contributed by atoms with Crippen molar-refractivity contribution in [2.75, 3.05) is 30.3 Å². The van der Waals surface area contributed by atoms with E-state index in [1.807, 2.05) is 27.0 Å². The van der Waals surface area contributed by atoms with Gasteiger partial charge in [0.15, 0.2) is 0 Å². The minimum atomic E-state index is -4.22. The summed E-state index contributed by atoms with van der Waals surface area (Å²) in [6.07, 6.45) is 1.89. The first kappa shape index (κ1) is 32.9. The van der Waals surface area contributed by atoms with Gasteiger partial charge in [-0.1, -0.05) is 32.0 Å². The van der Waals surface area contributed by atoms with Crippen molar-refractivity contribution in [1.82, 2.24) is 10.2 Å². The third-order valence-corrected chi connectivity index (χ3v) is 9.04. The Kier molecular flexibility index (Phi) is 11.8. The largest absolute Gasteiger partial charge is 0.494 e. The van der Waals surface area contributed by atoms with E-state index >= 15 is 0 Å². The quantitative estimate of drug-likeness (QED) is 0.246. The number of nitrogens with zero attached hydrogens (tertiary/aromatic N) is 2. The standard InChI is InChI=1S/C31H38FN3O5S2/c1-6-40-26-13-11-25(12-14-26)35(42(38,39)28-17-15-27(41-5)16-18-28)21-30(36)34(20-24-9-7-8-10-29(24)32)23(4)31(37)33-19-22(2)3/h7-18,22-23H,6,19-21H2,1-5H3,(H,33,37)/t23-/m0/s1. The molecule has 226 valence electrons. The van der Waals surface area contributed by atoms with E-state index in [-0.39, 0.29) is 28.6 Å². The van der Waals surface area contributed by atoms with Crippen LogP contribution < -0.4 is 14.4 Å². The molecule has 0 aliphatic rings. The zero-order valence-corrected chi connectivity index (χ0v) is 26.2. The van der Waals surface area contributed by atoms with Crippen molar-refractivity contribution in [2.24, 2.45) is 5.92 Å². The van der Waals surface area contributed by atoms with Crippen LogP contribution in [0.3, 0.4) is 0 Å². The highest BCUT2D eigenvalue weighted by molar-refractivity contribution is 7.98. The van der Waals surface area contributed by atoms with Crippen molar-refractivity contribution in [3.8, 4) is 5.75 Å². The maximum atomic E-state index is 14.7. The van der Waals surface area contributed by atoms with Crippen LogP contribution in [0, 0.1) is 11.7 Å². The van der Waals surface area contributed by atoms with Gasteiger partial charge < -0.3 is 15.0 Å². The minimum Gasteiger partial charge on any atom is -0.494 e. The molecule has 0 saturated heterocycles. The van der Waals surface area contributed by atoms with E-state index in [4.69, 9.17) is 4.74 Å². The number of rotatable bonds is 14. The Bertz CT molecular complexity index is 1450. The SMILES string of the molecule is CCOc1ccc(N(CC(=O)N(Cc2ccccc2F)[C@@H](C)C(=O)NCC(C)C)S(=O)(=O)c2ccc(SC)cc2)cc1. The average Bonchev–Trinajstić information content (AvgIpc) is 2.98. The number of amides is 2. The Hall–Kier alpha value is -3.57. The number of sulfonamides is 1. The van der Waals surface area contributed by atoms with Crippen molar-refractivity contribution in [1.29, 1.82) is 0 Å². The van der Waals surface area contributed by atoms with Gasteiger partial charge >= 0.3 is 0 Å². The molecule has 3 aromatic carbocycles. The van der Waals surface area contributed by atoms with Crippen LogP contribution in [-0.2, 0) is 26.2 Å². The van der Waals surface area contributed by atoms with Crippen LogP contribution in [0.25, 0.3) is 0 Å². The predicted octanol–water partition coefficient (Wildman–Crippen LogP) is 5.33. The van der Waals surface area contributed by atoms with Crippen molar-refractivity contribution in [2.45, 2.75) is 50.1 Å². The molecule has 0 bridgehead atoms. The summed E-state index contributed by atoms with van der Waals surface area (Å²) in [5.41, 5.74) is 0.445. The van der Waals surface area contributed by atoms with Gasteiger partial charge in [0.05, 0.1) is 17.2 Å². The molecule has 11 heteroatoms. The number of carbonyl (C=O) groups is 2. The summed E-state index contributed by atoms with van der Waals surface area (Å²) in [5, 5.41) is 2.81. The van der Waals surface area contributed by atoms with Crippen LogP contribution in [0.15, 0.2) is 82.6 Å². The van der Waals surface area contributed by atoms with E-state index in [2.05, 4.69) is 5.32 Å². The molecule has 0 heterocycles. The van der Waals surface area contributed by atoms with Gasteiger partial charge in [-0.25, -0.2) is 12.8 Å². The molecule has 0 aromatic heterocycles. The lowest BCUT2D eigenvalue weighted by Gasteiger charge is -2.32. The number of halogens is 1. The molecule has 0 aliphatic carbocycles. The van der Waals surface area contributed by atoms with E-state index in [1.165, 1.54) is 47.0 Å². The fourth-order valence-corrected chi connectivity index (χ4v) is 5.95. The lowest BCUT2D eigenvalue weighted by Crippen LogP contribution is -2.51. The molecule has 8 nitrogen and oxygen atoms in total. The van der Waals surface area contributed by atoms with Gasteiger partial charge in [0.1, 0.15) is 24.2 Å². The van der Waals surface area contributed by atoms with E-state index in [0.717, 1.165) is 9.20 Å². The number of ether oxygens (including phenoxy) is 1. The summed E-state index contributed by atoms with van der Waals surface area (Å²) in [7, 11) is -4.22. The smallest absolute Gasteiger partial charge is 0.264 e. The summed E-state index contributed by atoms with van der Waals surface area (Å²) in [6, 6.07) is 17.7. The number of benzene rings is 3. The topological polar surface area (TPSA) is 96.0 Å². The van der Waals surface area contributed by atoms with Crippen molar-refractivity contribution < 1.29 is 27.1 Å². The summed E-state index contributed by atoms with van der Waals surface area (Å²) >= 11 is 1.48. The maximum Gasteiger partial charge on any atom is 0.264 e.